The minimum atomic E-state index is -1.78. The number of aliphatic carboxylic acids is 1. The number of nitrogens with one attached hydrogen (secondary N) is 1. The van der Waals surface area contributed by atoms with E-state index >= 15 is 0 Å². The van der Waals surface area contributed by atoms with E-state index in [0.717, 1.165) is 22.3 Å². The lowest BCUT2D eigenvalue weighted by Gasteiger charge is -2.38. The average Bonchev–Trinajstić information content (AvgIpc) is 3.09. The second-order valence-electron chi connectivity index (χ2n) is 7.61. The molecular formula is C22H23NO8. The van der Waals surface area contributed by atoms with Gasteiger partial charge in [-0.15, -0.1) is 0 Å². The van der Waals surface area contributed by atoms with E-state index in [1.807, 2.05) is 48.5 Å². The summed E-state index contributed by atoms with van der Waals surface area (Å²) in [5.74, 6) is -1.60. The zero-order valence-electron chi connectivity index (χ0n) is 16.4. The maximum Gasteiger partial charge on any atom is 0.407 e. The summed E-state index contributed by atoms with van der Waals surface area (Å²) in [4.78, 5) is 23.4. The van der Waals surface area contributed by atoms with E-state index in [4.69, 9.17) is 14.6 Å². The molecule has 164 valence electrons. The van der Waals surface area contributed by atoms with Crippen LogP contribution in [0.4, 0.5) is 4.79 Å². The third-order valence-electron chi connectivity index (χ3n) is 5.75. The second-order valence-corrected chi connectivity index (χ2v) is 7.61. The monoisotopic (exact) mass is 429 g/mol. The summed E-state index contributed by atoms with van der Waals surface area (Å²) in [6.45, 7) is -0.210. The topological polar surface area (TPSA) is 146 Å². The van der Waals surface area contributed by atoms with Crippen molar-refractivity contribution in [2.75, 3.05) is 13.2 Å². The summed E-state index contributed by atoms with van der Waals surface area (Å²) in [7, 11) is 0. The molecule has 4 rings (SSSR count). The van der Waals surface area contributed by atoms with Crippen LogP contribution >= 0.6 is 0 Å². The number of ether oxygens (including phenoxy) is 2. The standard InChI is InChI=1S/C22H23NO8/c24-17-16(31-20(21(27)28)19(26)18(17)25)9-23-22(29)30-10-15-13-7-3-1-5-11(13)12-6-2-4-8-14(12)15/h1-8,15-20,24-26H,9-10H2,(H,23,29)(H,27,28)/t16-,17+,18+,19+,20+/m0/s1. The van der Waals surface area contributed by atoms with E-state index in [9.17, 15) is 24.9 Å². The number of benzene rings is 2. The fourth-order valence-electron chi connectivity index (χ4n) is 4.16. The first-order valence-corrected chi connectivity index (χ1v) is 9.89. The molecular weight excluding hydrogens is 406 g/mol. The number of rotatable bonds is 5. The second kappa shape index (κ2) is 8.64. The molecule has 1 heterocycles. The van der Waals surface area contributed by atoms with Gasteiger partial charge in [-0.05, 0) is 22.3 Å². The van der Waals surface area contributed by atoms with E-state index < -0.39 is 42.6 Å². The summed E-state index contributed by atoms with van der Waals surface area (Å²) in [5.41, 5.74) is 4.31. The number of carboxylic acid groups (broad SMARTS) is 1. The van der Waals surface area contributed by atoms with Crippen LogP contribution in [0.5, 0.6) is 0 Å². The van der Waals surface area contributed by atoms with Crippen LogP contribution in [0.1, 0.15) is 17.0 Å². The first-order chi connectivity index (χ1) is 14.9. The number of hydrogen-bond acceptors (Lipinski definition) is 7. The van der Waals surface area contributed by atoms with Gasteiger partial charge in [0.05, 0.1) is 0 Å². The molecule has 1 amide bonds. The zero-order chi connectivity index (χ0) is 22.1. The number of carboxylic acids is 1. The van der Waals surface area contributed by atoms with E-state index in [0.29, 0.717) is 0 Å². The molecule has 9 heteroatoms. The minimum Gasteiger partial charge on any atom is -0.479 e. The van der Waals surface area contributed by atoms with Crippen molar-refractivity contribution in [3.63, 3.8) is 0 Å². The number of hydrogen-bond donors (Lipinski definition) is 5. The lowest BCUT2D eigenvalue weighted by molar-refractivity contribution is -0.226. The zero-order valence-corrected chi connectivity index (χ0v) is 16.4. The van der Waals surface area contributed by atoms with E-state index in [1.165, 1.54) is 0 Å². The van der Waals surface area contributed by atoms with Gasteiger partial charge in [0.1, 0.15) is 31.0 Å². The summed E-state index contributed by atoms with van der Waals surface area (Å²) in [6.07, 6.45) is -8.78. The largest absolute Gasteiger partial charge is 0.479 e. The minimum absolute atomic E-state index is 0.0903. The normalized spacial score (nSPS) is 27.3. The van der Waals surface area contributed by atoms with Gasteiger partial charge < -0.3 is 35.2 Å². The Morgan fingerprint density at radius 3 is 2.06 bits per heavy atom. The maximum atomic E-state index is 12.2. The molecule has 1 aliphatic carbocycles. The van der Waals surface area contributed by atoms with Crippen molar-refractivity contribution in [1.29, 1.82) is 0 Å². The molecule has 0 spiro atoms. The Morgan fingerprint density at radius 2 is 1.48 bits per heavy atom. The molecule has 9 nitrogen and oxygen atoms in total. The van der Waals surface area contributed by atoms with Gasteiger partial charge in [-0.1, -0.05) is 48.5 Å². The number of carbonyl (C=O) groups excluding carboxylic acids is 1. The molecule has 2 aromatic carbocycles. The maximum absolute atomic E-state index is 12.2. The molecule has 2 aliphatic rings. The van der Waals surface area contributed by atoms with Crippen LogP contribution < -0.4 is 5.32 Å². The van der Waals surface area contributed by atoms with Crippen molar-refractivity contribution in [3.8, 4) is 11.1 Å². The van der Waals surface area contributed by atoms with Gasteiger partial charge in [-0.3, -0.25) is 0 Å². The molecule has 5 atom stereocenters. The van der Waals surface area contributed by atoms with Gasteiger partial charge in [0.2, 0.25) is 0 Å². The number of carbonyl (C=O) groups is 2. The molecule has 1 fully saturated rings. The molecule has 0 saturated carbocycles. The Kier molecular flexibility index (Phi) is 5.92. The lowest BCUT2D eigenvalue weighted by atomic mass is 9.95. The Labute approximate surface area is 177 Å². The summed E-state index contributed by atoms with van der Waals surface area (Å²) >= 11 is 0. The SMILES string of the molecule is O=C(NC[C@@H]1O[C@@H](C(=O)O)[C@H](O)[C@H](O)[C@@H]1O)OCC1c2ccccc2-c2ccccc21. The first-order valence-electron chi connectivity index (χ1n) is 9.89. The first kappa shape index (κ1) is 21.3. The quantitative estimate of drug-likeness (QED) is 0.461. The number of alkyl carbamates (subject to hydrolysis) is 1. The fourth-order valence-corrected chi connectivity index (χ4v) is 4.16. The molecule has 0 aromatic heterocycles. The van der Waals surface area contributed by atoms with Crippen molar-refractivity contribution in [3.05, 3.63) is 59.7 Å². The van der Waals surface area contributed by atoms with Crippen LogP contribution in [0, 0.1) is 0 Å². The molecule has 0 bridgehead atoms. The fraction of sp³-hybridized carbons (Fsp3) is 0.364. The highest BCUT2D eigenvalue weighted by Gasteiger charge is 2.46. The predicted octanol–water partition coefficient (Wildman–Crippen LogP) is 0.460. The molecule has 1 aliphatic heterocycles. The predicted molar refractivity (Wildman–Crippen MR) is 107 cm³/mol. The molecule has 1 saturated heterocycles. The van der Waals surface area contributed by atoms with Gasteiger partial charge in [-0.25, -0.2) is 9.59 Å². The van der Waals surface area contributed by atoms with Crippen LogP contribution in [0.15, 0.2) is 48.5 Å². The summed E-state index contributed by atoms with van der Waals surface area (Å²) in [5, 5.41) is 41.1. The summed E-state index contributed by atoms with van der Waals surface area (Å²) in [6, 6.07) is 15.8. The van der Waals surface area contributed by atoms with E-state index in [1.54, 1.807) is 0 Å². The van der Waals surface area contributed by atoms with Gasteiger partial charge in [-0.2, -0.15) is 0 Å². The Hall–Kier alpha value is -2.98. The molecule has 2 aromatic rings. The molecule has 0 radical (unpaired) electrons. The number of amides is 1. The molecule has 5 N–H and O–H groups in total. The highest BCUT2D eigenvalue weighted by atomic mass is 16.6. The molecule has 0 unspecified atom stereocenters. The highest BCUT2D eigenvalue weighted by Crippen LogP contribution is 2.44. The van der Waals surface area contributed by atoms with Crippen LogP contribution in [-0.2, 0) is 14.3 Å². The lowest BCUT2D eigenvalue weighted by Crippen LogP contribution is -2.61. The molecule has 31 heavy (non-hydrogen) atoms. The Morgan fingerprint density at radius 1 is 0.903 bits per heavy atom. The Balaban J connectivity index is 1.37. The van der Waals surface area contributed by atoms with Crippen molar-refractivity contribution in [2.45, 2.75) is 36.4 Å². The van der Waals surface area contributed by atoms with Gasteiger partial charge in [0.25, 0.3) is 0 Å². The van der Waals surface area contributed by atoms with E-state index in [-0.39, 0.29) is 19.1 Å². The van der Waals surface area contributed by atoms with Crippen molar-refractivity contribution < 1.29 is 39.5 Å². The third kappa shape index (κ3) is 4.00. The number of fused-ring (bicyclic) bond motifs is 3. The number of aliphatic hydroxyl groups is 3. The van der Waals surface area contributed by atoms with E-state index in [2.05, 4.69) is 5.32 Å². The van der Waals surface area contributed by atoms with Crippen molar-refractivity contribution >= 4 is 12.1 Å². The van der Waals surface area contributed by atoms with Crippen molar-refractivity contribution in [1.82, 2.24) is 5.32 Å². The summed E-state index contributed by atoms with van der Waals surface area (Å²) < 4.78 is 10.5. The van der Waals surface area contributed by atoms with Crippen LogP contribution in [0.3, 0.4) is 0 Å². The van der Waals surface area contributed by atoms with Gasteiger partial charge in [0.15, 0.2) is 6.10 Å². The van der Waals surface area contributed by atoms with Crippen LogP contribution in [0.2, 0.25) is 0 Å². The van der Waals surface area contributed by atoms with Gasteiger partial charge in [0, 0.05) is 12.5 Å². The average molecular weight is 429 g/mol. The smallest absolute Gasteiger partial charge is 0.407 e. The van der Waals surface area contributed by atoms with Crippen molar-refractivity contribution in [2.24, 2.45) is 0 Å². The van der Waals surface area contributed by atoms with Gasteiger partial charge >= 0.3 is 12.1 Å². The Bertz CT molecular complexity index is 934. The highest BCUT2D eigenvalue weighted by molar-refractivity contribution is 5.79. The number of aliphatic hydroxyl groups excluding tert-OH is 3. The van der Waals surface area contributed by atoms with Crippen LogP contribution in [-0.4, -0.2) is 76.2 Å². The van der Waals surface area contributed by atoms with Crippen LogP contribution in [0.25, 0.3) is 11.1 Å². The third-order valence-corrected chi connectivity index (χ3v) is 5.75.